The van der Waals surface area contributed by atoms with Crippen LogP contribution in [0.1, 0.15) is 12.0 Å². The Kier molecular flexibility index (Phi) is 4.97. The van der Waals surface area contributed by atoms with E-state index in [0.717, 1.165) is 13.0 Å². The molecule has 0 spiro atoms. The SMILES string of the molecule is CN(CCS(=O)(=O)c1cccc(C(=N)N)c1)C1CCOC1. The molecule has 0 radical (unpaired) electrons. The first-order chi connectivity index (χ1) is 9.90. The highest BCUT2D eigenvalue weighted by molar-refractivity contribution is 7.91. The zero-order valence-corrected chi connectivity index (χ0v) is 12.9. The van der Waals surface area contributed by atoms with Gasteiger partial charge in [-0.05, 0) is 25.6 Å². The van der Waals surface area contributed by atoms with Crippen LogP contribution in [0.5, 0.6) is 0 Å². The molecule has 21 heavy (non-hydrogen) atoms. The Morgan fingerprint density at radius 2 is 2.29 bits per heavy atom. The summed E-state index contributed by atoms with van der Waals surface area (Å²) < 4.78 is 30.0. The fourth-order valence-electron chi connectivity index (χ4n) is 2.29. The number of hydrogen-bond donors (Lipinski definition) is 2. The van der Waals surface area contributed by atoms with Crippen molar-refractivity contribution in [1.29, 1.82) is 5.41 Å². The van der Waals surface area contributed by atoms with Gasteiger partial charge in [-0.3, -0.25) is 5.41 Å². The van der Waals surface area contributed by atoms with E-state index in [1.165, 1.54) is 6.07 Å². The summed E-state index contributed by atoms with van der Waals surface area (Å²) in [5, 5.41) is 7.38. The van der Waals surface area contributed by atoms with Gasteiger partial charge in [0.1, 0.15) is 5.84 Å². The normalized spacial score (nSPS) is 19.0. The Hall–Kier alpha value is -1.44. The second-order valence-electron chi connectivity index (χ2n) is 5.26. The second kappa shape index (κ2) is 6.55. The van der Waals surface area contributed by atoms with Crippen molar-refractivity contribution in [3.05, 3.63) is 29.8 Å². The van der Waals surface area contributed by atoms with Gasteiger partial charge in [0, 0.05) is 24.8 Å². The summed E-state index contributed by atoms with van der Waals surface area (Å²) in [4.78, 5) is 2.24. The summed E-state index contributed by atoms with van der Waals surface area (Å²) in [7, 11) is -1.46. The van der Waals surface area contributed by atoms with Crippen LogP contribution >= 0.6 is 0 Å². The first kappa shape index (κ1) is 15.9. The largest absolute Gasteiger partial charge is 0.384 e. The van der Waals surface area contributed by atoms with Crippen LogP contribution < -0.4 is 5.73 Å². The first-order valence-electron chi connectivity index (χ1n) is 6.85. The predicted octanol–water partition coefficient (Wildman–Crippen LogP) is 0.465. The van der Waals surface area contributed by atoms with Gasteiger partial charge in [-0.2, -0.15) is 0 Å². The van der Waals surface area contributed by atoms with Crippen LogP contribution in [-0.2, 0) is 14.6 Å². The van der Waals surface area contributed by atoms with Crippen LogP contribution in [0.15, 0.2) is 29.2 Å². The third-order valence-corrected chi connectivity index (χ3v) is 5.44. The van der Waals surface area contributed by atoms with Crippen molar-refractivity contribution in [2.45, 2.75) is 17.4 Å². The molecule has 116 valence electrons. The molecule has 6 nitrogen and oxygen atoms in total. The molecule has 1 aromatic rings. The maximum absolute atomic E-state index is 12.4. The fourth-order valence-corrected chi connectivity index (χ4v) is 3.65. The quantitative estimate of drug-likeness (QED) is 0.588. The van der Waals surface area contributed by atoms with E-state index in [2.05, 4.69) is 0 Å². The van der Waals surface area contributed by atoms with E-state index in [1.54, 1.807) is 18.2 Å². The molecule has 0 saturated carbocycles. The minimum Gasteiger partial charge on any atom is -0.384 e. The number of benzene rings is 1. The summed E-state index contributed by atoms with van der Waals surface area (Å²) in [6.45, 7) is 1.86. The molecule has 1 aliphatic heterocycles. The van der Waals surface area contributed by atoms with E-state index in [1.807, 2.05) is 11.9 Å². The third kappa shape index (κ3) is 4.03. The van der Waals surface area contributed by atoms with Gasteiger partial charge in [0.2, 0.25) is 0 Å². The molecular formula is C14H21N3O3S. The van der Waals surface area contributed by atoms with Gasteiger partial charge in [-0.15, -0.1) is 0 Å². The van der Waals surface area contributed by atoms with Crippen LogP contribution in [0.2, 0.25) is 0 Å². The van der Waals surface area contributed by atoms with E-state index < -0.39 is 9.84 Å². The lowest BCUT2D eigenvalue weighted by Crippen LogP contribution is -2.35. The Morgan fingerprint density at radius 1 is 1.52 bits per heavy atom. The number of nitrogens with two attached hydrogens (primary N) is 1. The van der Waals surface area contributed by atoms with Gasteiger partial charge < -0.3 is 15.4 Å². The lowest BCUT2D eigenvalue weighted by Gasteiger charge is -2.22. The Balaban J connectivity index is 2.04. The topological polar surface area (TPSA) is 96.5 Å². The van der Waals surface area contributed by atoms with Crippen molar-refractivity contribution in [2.75, 3.05) is 32.6 Å². The van der Waals surface area contributed by atoms with Gasteiger partial charge in [0.15, 0.2) is 9.84 Å². The van der Waals surface area contributed by atoms with Crippen LogP contribution in [0.4, 0.5) is 0 Å². The van der Waals surface area contributed by atoms with E-state index in [4.69, 9.17) is 15.9 Å². The molecule has 7 heteroatoms. The van der Waals surface area contributed by atoms with Gasteiger partial charge in [-0.25, -0.2) is 8.42 Å². The van der Waals surface area contributed by atoms with Crippen molar-refractivity contribution >= 4 is 15.7 Å². The molecular weight excluding hydrogens is 290 g/mol. The Bertz CT molecular complexity index is 610. The first-order valence-corrected chi connectivity index (χ1v) is 8.50. The number of hydrogen-bond acceptors (Lipinski definition) is 5. The number of nitrogen functional groups attached to an aromatic ring is 1. The molecule has 1 aromatic carbocycles. The molecule has 2 rings (SSSR count). The highest BCUT2D eigenvalue weighted by Crippen LogP contribution is 2.15. The minimum atomic E-state index is -3.38. The summed E-state index contributed by atoms with van der Waals surface area (Å²) >= 11 is 0. The standard InChI is InChI=1S/C14H21N3O3S/c1-17(12-5-7-20-10-12)6-8-21(18,19)13-4-2-3-11(9-13)14(15)16/h2-4,9,12H,5-8,10H2,1H3,(H3,15,16). The number of rotatable bonds is 6. The smallest absolute Gasteiger partial charge is 0.179 e. The molecule has 1 atom stereocenters. The molecule has 0 aliphatic carbocycles. The third-order valence-electron chi connectivity index (χ3n) is 3.75. The zero-order valence-electron chi connectivity index (χ0n) is 12.1. The Labute approximate surface area is 125 Å². The highest BCUT2D eigenvalue weighted by Gasteiger charge is 2.22. The predicted molar refractivity (Wildman–Crippen MR) is 81.4 cm³/mol. The lowest BCUT2D eigenvalue weighted by atomic mass is 10.2. The van der Waals surface area contributed by atoms with Gasteiger partial charge in [0.25, 0.3) is 0 Å². The molecule has 0 amide bonds. The Morgan fingerprint density at radius 3 is 2.90 bits per heavy atom. The molecule has 1 aliphatic rings. The molecule has 0 aromatic heterocycles. The maximum atomic E-state index is 12.4. The number of likely N-dealkylation sites (N-methyl/N-ethyl adjacent to an activating group) is 1. The summed E-state index contributed by atoms with van der Waals surface area (Å²) in [5.41, 5.74) is 5.82. The van der Waals surface area contributed by atoms with Gasteiger partial charge >= 0.3 is 0 Å². The van der Waals surface area contributed by atoms with Crippen molar-refractivity contribution in [3.63, 3.8) is 0 Å². The number of amidine groups is 1. The number of sulfone groups is 1. The van der Waals surface area contributed by atoms with Gasteiger partial charge in [-0.1, -0.05) is 12.1 Å². The second-order valence-corrected chi connectivity index (χ2v) is 7.37. The van der Waals surface area contributed by atoms with Crippen LogP contribution in [0.3, 0.4) is 0 Å². The monoisotopic (exact) mass is 311 g/mol. The van der Waals surface area contributed by atoms with Crippen molar-refractivity contribution in [2.24, 2.45) is 5.73 Å². The average Bonchev–Trinajstić information content (AvgIpc) is 2.99. The average molecular weight is 311 g/mol. The van der Waals surface area contributed by atoms with Crippen molar-refractivity contribution in [1.82, 2.24) is 4.90 Å². The highest BCUT2D eigenvalue weighted by atomic mass is 32.2. The molecule has 1 saturated heterocycles. The van der Waals surface area contributed by atoms with Crippen LogP contribution in [0.25, 0.3) is 0 Å². The number of nitrogens with zero attached hydrogens (tertiary/aromatic N) is 1. The summed E-state index contributed by atoms with van der Waals surface area (Å²) in [6, 6.07) is 6.53. The van der Waals surface area contributed by atoms with Crippen molar-refractivity contribution in [3.8, 4) is 0 Å². The van der Waals surface area contributed by atoms with Crippen LogP contribution in [0, 0.1) is 5.41 Å². The molecule has 1 heterocycles. The van der Waals surface area contributed by atoms with E-state index in [0.29, 0.717) is 24.8 Å². The van der Waals surface area contributed by atoms with E-state index in [-0.39, 0.29) is 16.5 Å². The molecule has 1 fully saturated rings. The number of ether oxygens (including phenoxy) is 1. The van der Waals surface area contributed by atoms with E-state index >= 15 is 0 Å². The lowest BCUT2D eigenvalue weighted by molar-refractivity contribution is 0.162. The molecule has 0 bridgehead atoms. The van der Waals surface area contributed by atoms with E-state index in [9.17, 15) is 8.42 Å². The van der Waals surface area contributed by atoms with Gasteiger partial charge in [0.05, 0.1) is 17.3 Å². The number of nitrogens with one attached hydrogen (secondary N) is 1. The fraction of sp³-hybridized carbons (Fsp3) is 0.500. The maximum Gasteiger partial charge on any atom is 0.179 e. The molecule has 3 N–H and O–H groups in total. The molecule has 1 unspecified atom stereocenters. The summed E-state index contributed by atoms with van der Waals surface area (Å²) in [5.74, 6) is -0.0891. The summed E-state index contributed by atoms with van der Waals surface area (Å²) in [6.07, 6.45) is 0.941. The van der Waals surface area contributed by atoms with Crippen molar-refractivity contribution < 1.29 is 13.2 Å². The minimum absolute atomic E-state index is 0.0430. The van der Waals surface area contributed by atoms with Crippen LogP contribution in [-0.4, -0.2) is 57.8 Å². The zero-order chi connectivity index (χ0) is 15.5.